The lowest BCUT2D eigenvalue weighted by atomic mass is 9.84. The number of halogens is 4. The number of rotatable bonds is 5. The number of methoxy groups -OCH3 is 1. The highest BCUT2D eigenvalue weighted by molar-refractivity contribution is 6.31. The quantitative estimate of drug-likeness (QED) is 0.554. The first-order valence-electron chi connectivity index (χ1n) is 10.5. The highest BCUT2D eigenvalue weighted by Crippen LogP contribution is 2.45. The maximum atomic E-state index is 15.2. The van der Waals surface area contributed by atoms with Gasteiger partial charge in [0.2, 0.25) is 0 Å². The van der Waals surface area contributed by atoms with Gasteiger partial charge in [0.25, 0.3) is 6.43 Å². The van der Waals surface area contributed by atoms with Crippen molar-refractivity contribution in [1.82, 2.24) is 24.6 Å². The van der Waals surface area contributed by atoms with Crippen LogP contribution in [-0.2, 0) is 0 Å². The molecule has 2 N–H and O–H groups in total. The van der Waals surface area contributed by atoms with E-state index in [0.29, 0.717) is 30.0 Å². The van der Waals surface area contributed by atoms with E-state index in [1.165, 1.54) is 24.2 Å². The number of hydrogen-bond donors (Lipinski definition) is 1. The van der Waals surface area contributed by atoms with Crippen molar-refractivity contribution in [2.75, 3.05) is 25.9 Å². The Morgan fingerprint density at radius 1 is 1.24 bits per heavy atom. The van der Waals surface area contributed by atoms with E-state index < -0.39 is 24.0 Å². The number of alkyl halides is 2. The number of aromatic nitrogens is 4. The zero-order valence-electron chi connectivity index (χ0n) is 19.0. The molecule has 4 rings (SSSR count). The summed E-state index contributed by atoms with van der Waals surface area (Å²) in [4.78, 5) is 10.2. The molecule has 0 saturated carbocycles. The molecule has 1 aromatic carbocycles. The van der Waals surface area contributed by atoms with Gasteiger partial charge in [-0.15, -0.1) is 0 Å². The van der Waals surface area contributed by atoms with Crippen LogP contribution in [0.1, 0.15) is 62.9 Å². The van der Waals surface area contributed by atoms with E-state index in [1.54, 1.807) is 6.92 Å². The van der Waals surface area contributed by atoms with Crippen molar-refractivity contribution >= 4 is 28.5 Å². The Balaban J connectivity index is 1.84. The summed E-state index contributed by atoms with van der Waals surface area (Å²) < 4.78 is 49.6. The number of nitrogens with two attached hydrogens (primary N) is 1. The molecule has 178 valence electrons. The number of hydrogen-bond acceptors (Lipinski definition) is 6. The van der Waals surface area contributed by atoms with Crippen LogP contribution in [0, 0.1) is 5.82 Å². The predicted molar refractivity (Wildman–Crippen MR) is 121 cm³/mol. The third kappa shape index (κ3) is 3.89. The van der Waals surface area contributed by atoms with Crippen LogP contribution in [0.4, 0.5) is 19.0 Å². The number of nitrogens with zero attached hydrogens (tertiary/aromatic N) is 5. The molecule has 33 heavy (non-hydrogen) atoms. The summed E-state index contributed by atoms with van der Waals surface area (Å²) in [6, 6.07) is 0.796. The van der Waals surface area contributed by atoms with Crippen molar-refractivity contribution in [3.05, 3.63) is 40.1 Å². The first kappa shape index (κ1) is 23.6. The van der Waals surface area contributed by atoms with E-state index in [2.05, 4.69) is 40.7 Å². The SMILES string of the molecule is COc1c(C(C)n2nc(C(F)F)c3c(N)ncnc32)cc(Cl)c(F)c1C1CN(C(C)(C)C)C1. The van der Waals surface area contributed by atoms with Crippen molar-refractivity contribution in [2.45, 2.75) is 51.6 Å². The van der Waals surface area contributed by atoms with Gasteiger partial charge in [-0.1, -0.05) is 11.6 Å². The van der Waals surface area contributed by atoms with Gasteiger partial charge in [0, 0.05) is 35.7 Å². The Hall–Kier alpha value is -2.59. The molecule has 1 unspecified atom stereocenters. The minimum atomic E-state index is -2.87. The summed E-state index contributed by atoms with van der Waals surface area (Å²) in [6.45, 7) is 9.32. The molecule has 0 bridgehead atoms. The summed E-state index contributed by atoms with van der Waals surface area (Å²) in [5.41, 5.74) is 6.33. The number of benzene rings is 1. The molecule has 0 aliphatic carbocycles. The van der Waals surface area contributed by atoms with E-state index in [0.717, 1.165) is 0 Å². The van der Waals surface area contributed by atoms with Crippen molar-refractivity contribution < 1.29 is 17.9 Å². The number of anilines is 1. The van der Waals surface area contributed by atoms with Gasteiger partial charge in [0.05, 0.1) is 23.6 Å². The standard InChI is InChI=1S/C22H26ClF3N6O/c1-10(32-21-15(17(30-32)19(25)26)20(27)28-9-29-21)12-6-13(23)16(24)14(18(12)33-5)11-7-31(8-11)22(2,3)4/h6,9-11,19H,7-8H2,1-5H3,(H2,27,28,29). The largest absolute Gasteiger partial charge is 0.496 e. The molecule has 1 aliphatic heterocycles. The van der Waals surface area contributed by atoms with Crippen molar-refractivity contribution in [3.63, 3.8) is 0 Å². The number of fused-ring (bicyclic) bond motifs is 1. The zero-order chi connectivity index (χ0) is 24.2. The fourth-order valence-corrected chi connectivity index (χ4v) is 4.56. The maximum absolute atomic E-state index is 15.2. The van der Waals surface area contributed by atoms with Crippen LogP contribution >= 0.6 is 11.6 Å². The molecule has 1 fully saturated rings. The van der Waals surface area contributed by atoms with Crippen LogP contribution in [0.2, 0.25) is 5.02 Å². The van der Waals surface area contributed by atoms with Crippen LogP contribution in [0.25, 0.3) is 11.0 Å². The lowest BCUT2D eigenvalue weighted by molar-refractivity contribution is 0.0448. The Labute approximate surface area is 194 Å². The minimum absolute atomic E-state index is 0.00781. The third-order valence-electron chi connectivity index (χ3n) is 6.25. The highest BCUT2D eigenvalue weighted by atomic mass is 35.5. The van der Waals surface area contributed by atoms with Gasteiger partial charge in [-0.05, 0) is 33.8 Å². The second kappa shape index (κ2) is 8.32. The summed E-state index contributed by atoms with van der Waals surface area (Å²) in [6.07, 6.45) is -1.69. The van der Waals surface area contributed by atoms with Crippen molar-refractivity contribution in [1.29, 1.82) is 0 Å². The van der Waals surface area contributed by atoms with Gasteiger partial charge in [0.1, 0.15) is 29.4 Å². The van der Waals surface area contributed by atoms with Gasteiger partial charge in [-0.25, -0.2) is 27.8 Å². The number of likely N-dealkylation sites (tertiary alicyclic amines) is 1. The molecule has 1 atom stereocenters. The first-order valence-corrected chi connectivity index (χ1v) is 10.9. The molecule has 2 aromatic heterocycles. The van der Waals surface area contributed by atoms with Crippen LogP contribution < -0.4 is 10.5 Å². The highest BCUT2D eigenvalue weighted by Gasteiger charge is 2.39. The Bertz CT molecular complexity index is 1200. The topological polar surface area (TPSA) is 82.1 Å². The lowest BCUT2D eigenvalue weighted by Crippen LogP contribution is -2.54. The second-order valence-electron chi connectivity index (χ2n) is 9.25. The molecule has 11 heteroatoms. The van der Waals surface area contributed by atoms with E-state index >= 15 is 4.39 Å². The number of nitrogen functional groups attached to an aromatic ring is 1. The van der Waals surface area contributed by atoms with E-state index in [1.807, 2.05) is 0 Å². The molecule has 0 amide bonds. The summed E-state index contributed by atoms with van der Waals surface area (Å²) in [5, 5.41) is 4.01. The van der Waals surface area contributed by atoms with E-state index in [4.69, 9.17) is 22.1 Å². The summed E-state index contributed by atoms with van der Waals surface area (Å²) in [7, 11) is 1.45. The van der Waals surface area contributed by atoms with Gasteiger partial charge in [-0.3, -0.25) is 4.90 Å². The van der Waals surface area contributed by atoms with Crippen LogP contribution in [0.15, 0.2) is 12.4 Å². The van der Waals surface area contributed by atoms with Gasteiger partial charge >= 0.3 is 0 Å². The molecule has 3 heterocycles. The molecule has 1 saturated heterocycles. The monoisotopic (exact) mass is 482 g/mol. The molecule has 7 nitrogen and oxygen atoms in total. The van der Waals surface area contributed by atoms with Crippen LogP contribution in [0.5, 0.6) is 5.75 Å². The maximum Gasteiger partial charge on any atom is 0.282 e. The van der Waals surface area contributed by atoms with E-state index in [-0.39, 0.29) is 33.3 Å². The summed E-state index contributed by atoms with van der Waals surface area (Å²) in [5.74, 6) is -0.413. The molecule has 3 aromatic rings. The second-order valence-corrected chi connectivity index (χ2v) is 9.65. The first-order chi connectivity index (χ1) is 15.5. The Morgan fingerprint density at radius 2 is 1.91 bits per heavy atom. The fourth-order valence-electron chi connectivity index (χ4n) is 4.34. The molecule has 1 aliphatic rings. The average Bonchev–Trinajstić information content (AvgIpc) is 3.09. The molecule has 0 radical (unpaired) electrons. The summed E-state index contributed by atoms with van der Waals surface area (Å²) >= 11 is 6.29. The molecular formula is C22H26ClF3N6O. The normalized spacial score (nSPS) is 16.4. The van der Waals surface area contributed by atoms with Crippen molar-refractivity contribution in [2.24, 2.45) is 0 Å². The zero-order valence-corrected chi connectivity index (χ0v) is 19.8. The van der Waals surface area contributed by atoms with Crippen LogP contribution in [0.3, 0.4) is 0 Å². The molecule has 0 spiro atoms. The smallest absolute Gasteiger partial charge is 0.282 e. The average molecular weight is 483 g/mol. The number of ether oxygens (including phenoxy) is 1. The predicted octanol–water partition coefficient (Wildman–Crippen LogP) is 4.95. The minimum Gasteiger partial charge on any atom is -0.496 e. The van der Waals surface area contributed by atoms with Crippen molar-refractivity contribution in [3.8, 4) is 5.75 Å². The Morgan fingerprint density at radius 3 is 2.48 bits per heavy atom. The van der Waals surface area contributed by atoms with Gasteiger partial charge < -0.3 is 10.5 Å². The van der Waals surface area contributed by atoms with E-state index in [9.17, 15) is 8.78 Å². The third-order valence-corrected chi connectivity index (χ3v) is 6.52. The van der Waals surface area contributed by atoms with Gasteiger partial charge in [0.15, 0.2) is 5.65 Å². The Kier molecular flexibility index (Phi) is 5.94. The van der Waals surface area contributed by atoms with Gasteiger partial charge in [-0.2, -0.15) is 5.10 Å². The fraction of sp³-hybridized carbons (Fsp3) is 0.500. The van der Waals surface area contributed by atoms with Crippen LogP contribution in [-0.4, -0.2) is 50.4 Å². The molecular weight excluding hydrogens is 457 g/mol. The lowest BCUT2D eigenvalue weighted by Gasteiger charge is -2.48.